The van der Waals surface area contributed by atoms with E-state index in [0.29, 0.717) is 0 Å². The third-order valence-corrected chi connectivity index (χ3v) is 27.2. The summed E-state index contributed by atoms with van der Waals surface area (Å²) in [5.41, 5.74) is 26.8. The number of hydrogen-bond donors (Lipinski definition) is 29. The van der Waals surface area contributed by atoms with Crippen molar-refractivity contribution < 1.29 is 111 Å². The van der Waals surface area contributed by atoms with Gasteiger partial charge < -0.3 is 153 Å². The number of aromatic nitrogens is 4. The van der Waals surface area contributed by atoms with Crippen LogP contribution in [0.3, 0.4) is 0 Å². The molecule has 2 aromatic heterocycles. The van der Waals surface area contributed by atoms with Gasteiger partial charge in [-0.1, -0.05) is 68.7 Å². The van der Waals surface area contributed by atoms with Gasteiger partial charge in [0.25, 0.3) is 5.91 Å². The standard InChI is InChI=1S/C89H148N32O23S3/c1-12-47(6)69-85(143)106-55(30-51-33-97-41-101-51)75(133)112-61(80(138)102-49(8)70(91)128)37-145-25-19-65(125)118-42-119-44-120(43-118)67(127)21-27-147-39-63(113-74(132)54(29-50-32-96-40-100-50)105-77(135)58(34-122)109-72(130)52(16-13-22-98-87(92)93)104-84(142)68(46(4)5)114-81(139)62(111-71(129)48(7)90)38-146-26-20-66(119)126)82(140)117-116-60(36-124)79(137)110-59(35-123)78(136)108-57(31-89(9,10)11)76(134)107-56(28-45(2)3)86(144)121-24-15-18-64(121)83(141)103-53(73(131)115-69)17-14-23-99-88(94)95/h32-33,40-41,45-49,52-64,68-69,116,122-124H,12-31,34-39,42-44,90H2,1-11H3,(H2,91,128)(H,96,100)(H,97,101)(H,102,138)(H,103,141)(H,104,142)(H,105,135)(H,106,143)(H,107,134)(H,108,136)(H,109,130)(H,110,137)(H,111,129)(H,112,133)(H,113,132)(H,114,139)(H,115,131)(H,117,140)(H4,92,93,98)(H4,94,95,99)/t47-,48-,49-,52-,53-,54-,55-,56-,57-,58-,59-,60-,61-,62-,63-,64-,68-,69-/m0/s1. The number of aromatic amines is 2. The van der Waals surface area contributed by atoms with Crippen LogP contribution in [0.2, 0.25) is 0 Å². The van der Waals surface area contributed by atoms with Crippen LogP contribution in [0.1, 0.15) is 165 Å². The number of fused-ring (bicyclic) bond motifs is 8. The summed E-state index contributed by atoms with van der Waals surface area (Å²) in [5, 5.41) is 89.3. The molecule has 4 aliphatic heterocycles. The Labute approximate surface area is 863 Å². The average Bonchev–Trinajstić information content (AvgIpc) is 1.61. The molecule has 55 nitrogen and oxygen atoms in total. The highest BCUT2D eigenvalue weighted by molar-refractivity contribution is 7.99. The minimum absolute atomic E-state index is 0.00255. The van der Waals surface area contributed by atoms with Crippen molar-refractivity contribution in [2.45, 2.75) is 269 Å². The Hall–Kier alpha value is -12.8. The van der Waals surface area contributed by atoms with Crippen molar-refractivity contribution in [3.8, 4) is 0 Å². The van der Waals surface area contributed by atoms with E-state index in [4.69, 9.17) is 33.8 Å². The molecule has 0 aliphatic carbocycles. The SMILES string of the molecule is CC[C@H](C)[C@@H]1NC(=O)[C@H](CCCNC(=N)N)NC(=O)[C@@H]2CCCN2C(=O)[C@H](CC(C)C)NC(=O)[C@H](CC(C)(C)C)NC(=O)[C@H](CO)NC(=O)[C@H](CO)NNC(=O)[C@@H]2CSCCC(=O)N3CN(CN(C3)C(=O)CCSC[C@@H](C(=O)N[C@@H](C)C(N)=O)NC(=O)[C@H](Cc3c[nH]cn3)NC1=O)C(=O)CCSC[C@H](NC(=O)[C@H](C)N)C(=O)N[C@@H](C(C)C)C(=O)N[C@@H](CCCNC(=N)N)C(=O)N[C@@H](CO)C(=O)N[C@@H](Cc1c[nH]cn1)C(=O)N2. The van der Waals surface area contributed by atoms with Crippen LogP contribution in [-0.4, -0.2) is 382 Å². The van der Waals surface area contributed by atoms with E-state index in [-0.39, 0.29) is 136 Å². The highest BCUT2D eigenvalue weighted by atomic mass is 32.2. The van der Waals surface area contributed by atoms with Gasteiger partial charge in [0.05, 0.1) is 69.9 Å². The zero-order chi connectivity index (χ0) is 109. The van der Waals surface area contributed by atoms with E-state index in [9.17, 15) is 87.2 Å². The van der Waals surface area contributed by atoms with E-state index >= 15 is 24.0 Å². The van der Waals surface area contributed by atoms with Crippen molar-refractivity contribution in [3.05, 3.63) is 36.4 Å². The number of guanidine groups is 2. The smallest absolute Gasteiger partial charge is 0.257 e. The molecule has 0 aromatic carbocycles. The first-order valence-corrected chi connectivity index (χ1v) is 52.1. The predicted octanol–water partition coefficient (Wildman–Crippen LogP) is -10.0. The quantitative estimate of drug-likeness (QED) is 0.0236. The molecule has 0 spiro atoms. The number of carbonyl (C=O) groups is 20. The van der Waals surface area contributed by atoms with Gasteiger partial charge in [0.1, 0.15) is 96.7 Å². The summed E-state index contributed by atoms with van der Waals surface area (Å²) in [5.74, 6) is -23.5. The number of imidazole rings is 2. The molecular formula is C89H148N32O23S3. The fourth-order valence-electron chi connectivity index (χ4n) is 15.5. The van der Waals surface area contributed by atoms with Crippen molar-refractivity contribution in [1.82, 2.24) is 135 Å². The molecule has 820 valence electrons. The van der Waals surface area contributed by atoms with Gasteiger partial charge in [0.15, 0.2) is 11.9 Å². The molecule has 6 rings (SSSR count). The molecule has 0 saturated carbocycles. The molecule has 0 radical (unpaired) electrons. The number of nitrogens with two attached hydrogens (primary N) is 4. The summed E-state index contributed by atoms with van der Waals surface area (Å²) in [6, 6.07) is -26.9. The monoisotopic (exact) mass is 2130 g/mol. The number of thioether (sulfide) groups is 3. The van der Waals surface area contributed by atoms with E-state index in [1.54, 1.807) is 62.3 Å². The Kier molecular flexibility index (Phi) is 51.1. The Morgan fingerprint density at radius 1 is 0.510 bits per heavy atom. The number of nitrogens with zero attached hydrogens (tertiary/aromatic N) is 6. The normalized spacial score (nSPS) is 25.8. The summed E-state index contributed by atoms with van der Waals surface area (Å²) >= 11 is 2.78. The first-order valence-electron chi connectivity index (χ1n) is 48.6. The number of carbonyl (C=O) groups excluding carboxylic acids is 20. The third-order valence-electron chi connectivity index (χ3n) is 24.0. The summed E-state index contributed by atoms with van der Waals surface area (Å²) in [7, 11) is 0. The van der Waals surface area contributed by atoms with Gasteiger partial charge in [-0.25, -0.2) is 15.4 Å². The minimum atomic E-state index is -1.94. The zero-order valence-corrected chi connectivity index (χ0v) is 87.0. The second kappa shape index (κ2) is 61.1. The van der Waals surface area contributed by atoms with Crippen LogP contribution in [-0.2, 0) is 109 Å². The summed E-state index contributed by atoms with van der Waals surface area (Å²) in [4.78, 5) is 310. The molecule has 18 atom stereocenters. The topological polar surface area (TPSA) is 841 Å². The highest BCUT2D eigenvalue weighted by Crippen LogP contribution is 2.26. The molecule has 58 heteroatoms. The van der Waals surface area contributed by atoms with Crippen LogP contribution in [0.4, 0.5) is 0 Å². The number of hydrazine groups is 1. The Morgan fingerprint density at radius 2 is 0.939 bits per heavy atom. The summed E-state index contributed by atoms with van der Waals surface area (Å²) in [6.07, 6.45) is 3.19. The third kappa shape index (κ3) is 41.1. The minimum Gasteiger partial charge on any atom is -0.394 e. The Balaban J connectivity index is 1.49. The number of rotatable bonds is 26. The molecule has 4 aliphatic rings. The van der Waals surface area contributed by atoms with Gasteiger partial charge in [-0.05, 0) is 88.4 Å². The Morgan fingerprint density at radius 3 is 1.41 bits per heavy atom. The molecule has 4 saturated heterocycles. The average molecular weight is 2130 g/mol. The molecule has 2 aromatic rings. The van der Waals surface area contributed by atoms with Gasteiger partial charge in [0, 0.05) is 98.6 Å². The fourth-order valence-corrected chi connectivity index (χ4v) is 18.4. The number of hydrogen-bond acceptors (Lipinski definition) is 32. The first-order chi connectivity index (χ1) is 69.5. The lowest BCUT2D eigenvalue weighted by Gasteiger charge is -2.42. The van der Waals surface area contributed by atoms with E-state index < -0.39 is 315 Å². The summed E-state index contributed by atoms with van der Waals surface area (Å²) < 4.78 is 0. The summed E-state index contributed by atoms with van der Waals surface area (Å²) in [6.45, 7) is 12.8. The largest absolute Gasteiger partial charge is 0.394 e. The number of nitrogens with one attached hydrogen (secondary N) is 22. The number of H-pyrrole nitrogens is 2. The maximum absolute atomic E-state index is 15.2. The Bertz CT molecular complexity index is 4850. The molecule has 33 N–H and O–H groups in total. The number of aliphatic hydroxyl groups excluding tert-OH is 3. The molecule has 4 fully saturated rings. The molecule has 0 unspecified atom stereocenters. The second-order valence-electron chi connectivity index (χ2n) is 38.2. The van der Waals surface area contributed by atoms with Crippen molar-refractivity contribution in [3.63, 3.8) is 0 Å². The van der Waals surface area contributed by atoms with Crippen molar-refractivity contribution in [2.24, 2.45) is 46.1 Å². The van der Waals surface area contributed by atoms with Crippen LogP contribution in [0.15, 0.2) is 25.0 Å². The van der Waals surface area contributed by atoms with Crippen LogP contribution in [0.5, 0.6) is 0 Å². The van der Waals surface area contributed by atoms with Gasteiger partial charge in [0.2, 0.25) is 112 Å². The second-order valence-corrected chi connectivity index (χ2v) is 41.7. The van der Waals surface area contributed by atoms with Crippen LogP contribution in [0.25, 0.3) is 0 Å². The van der Waals surface area contributed by atoms with Crippen LogP contribution < -0.4 is 119 Å². The van der Waals surface area contributed by atoms with E-state index in [0.717, 1.165) is 45.1 Å². The lowest BCUT2D eigenvalue weighted by Crippen LogP contribution is -2.63. The lowest BCUT2D eigenvalue weighted by molar-refractivity contribution is -0.158. The van der Waals surface area contributed by atoms with E-state index in [2.05, 4.69) is 116 Å². The van der Waals surface area contributed by atoms with Crippen molar-refractivity contribution >= 4 is 165 Å². The van der Waals surface area contributed by atoms with Crippen molar-refractivity contribution in [2.75, 3.05) is 94.0 Å². The van der Waals surface area contributed by atoms with Gasteiger partial charge in [-0.3, -0.25) is 112 Å². The van der Waals surface area contributed by atoms with Crippen molar-refractivity contribution in [1.29, 1.82) is 10.8 Å². The van der Waals surface area contributed by atoms with Crippen LogP contribution >= 0.6 is 35.3 Å². The molecular weight excluding hydrogens is 1980 g/mol. The van der Waals surface area contributed by atoms with Gasteiger partial charge >= 0.3 is 0 Å². The van der Waals surface area contributed by atoms with Gasteiger partial charge in [-0.15, -0.1) is 0 Å². The number of primary amides is 1. The van der Waals surface area contributed by atoms with Gasteiger partial charge in [-0.2, -0.15) is 35.3 Å². The maximum atomic E-state index is 15.2. The fraction of sp³-hybridized carbons (Fsp3) is 0.685. The molecule has 4 bridgehead atoms. The number of amides is 20. The molecule has 147 heavy (non-hydrogen) atoms. The highest BCUT2D eigenvalue weighted by Gasteiger charge is 2.45. The maximum Gasteiger partial charge on any atom is 0.257 e. The predicted molar refractivity (Wildman–Crippen MR) is 538 cm³/mol. The van der Waals surface area contributed by atoms with E-state index in [1.807, 2.05) is 0 Å². The lowest BCUT2D eigenvalue weighted by atomic mass is 9.87. The molecule has 6 heterocycles. The number of aliphatic hydroxyl groups is 3. The van der Waals surface area contributed by atoms with E-state index in [1.165, 1.54) is 48.7 Å². The zero-order valence-electron chi connectivity index (χ0n) is 84.6. The molecule has 20 amide bonds. The van der Waals surface area contributed by atoms with Crippen LogP contribution in [0, 0.1) is 34.0 Å². The first kappa shape index (κ1) is 123.